The molecule has 0 aliphatic carbocycles. The maximum absolute atomic E-state index is 14.2. The third-order valence-corrected chi connectivity index (χ3v) is 7.16. The monoisotopic (exact) mass is 442 g/mol. The Morgan fingerprint density at radius 2 is 2.03 bits per heavy atom. The highest BCUT2D eigenvalue weighted by Gasteiger charge is 2.74. The van der Waals surface area contributed by atoms with Crippen molar-refractivity contribution in [2.24, 2.45) is 11.8 Å². The summed E-state index contributed by atoms with van der Waals surface area (Å²) in [6, 6.07) is 4.83. The Labute approximate surface area is 187 Å². The van der Waals surface area contributed by atoms with Crippen molar-refractivity contribution in [2.45, 2.75) is 50.9 Å². The summed E-state index contributed by atoms with van der Waals surface area (Å²) in [5.74, 6) is -3.59. The molecule has 3 saturated heterocycles. The van der Waals surface area contributed by atoms with Crippen LogP contribution in [0.3, 0.4) is 0 Å². The fourth-order valence-electron chi connectivity index (χ4n) is 6.00. The second kappa shape index (κ2) is 8.33. The zero-order valence-electron chi connectivity index (χ0n) is 18.5. The first-order valence-corrected chi connectivity index (χ1v) is 11.1. The Balaban J connectivity index is 1.81. The number of ether oxygens (including phenoxy) is 1. The molecule has 3 heterocycles. The van der Waals surface area contributed by atoms with Crippen molar-refractivity contribution in [3.8, 4) is 0 Å². The van der Waals surface area contributed by atoms with Gasteiger partial charge in [0.2, 0.25) is 5.91 Å². The number of nitrogens with zero attached hydrogens (tertiary/aromatic N) is 2. The summed E-state index contributed by atoms with van der Waals surface area (Å²) in [4.78, 5) is 42.7. The minimum Gasteiger partial charge on any atom is -0.481 e. The van der Waals surface area contributed by atoms with Gasteiger partial charge in [-0.05, 0) is 44.2 Å². The molecule has 32 heavy (non-hydrogen) atoms. The van der Waals surface area contributed by atoms with Crippen molar-refractivity contribution in [3.63, 3.8) is 0 Å². The van der Waals surface area contributed by atoms with Crippen molar-refractivity contribution in [1.82, 2.24) is 4.90 Å². The standard InChI is InChI=1S/C24H30N2O6/c1-4-11-25(19-14(2)7-5-8-15(19)3)22(29)20-24-10-9-16(32-24)17(23(30)31)18(24)21(28)26(20)12-6-13-27/h4-5,7-8,16-18,20,27H,1,6,9-13H2,2-3H3,(H,30,31)/t16-,17+,18+,20-,24+/m1/s1. The van der Waals surface area contributed by atoms with Crippen LogP contribution in [0.1, 0.15) is 30.4 Å². The molecule has 5 atom stereocenters. The number of carbonyl (C=O) groups is 3. The van der Waals surface area contributed by atoms with Gasteiger partial charge in [0.05, 0.1) is 17.9 Å². The van der Waals surface area contributed by atoms with Crippen LogP contribution >= 0.6 is 0 Å². The average Bonchev–Trinajstić information content (AvgIpc) is 3.38. The van der Waals surface area contributed by atoms with E-state index in [1.807, 2.05) is 32.0 Å². The SMILES string of the molecule is C=CCN(C(=O)[C@H]1N(CCCO)C(=O)[C@@H]2[C@@H](C(=O)O)[C@H]3CC[C@]21O3)c1c(C)cccc1C. The van der Waals surface area contributed by atoms with Gasteiger partial charge in [-0.1, -0.05) is 24.3 Å². The highest BCUT2D eigenvalue weighted by molar-refractivity contribution is 6.05. The van der Waals surface area contributed by atoms with E-state index in [1.54, 1.807) is 11.0 Å². The highest BCUT2D eigenvalue weighted by Crippen LogP contribution is 2.58. The summed E-state index contributed by atoms with van der Waals surface area (Å²) >= 11 is 0. The zero-order chi connectivity index (χ0) is 23.2. The lowest BCUT2D eigenvalue weighted by molar-refractivity contribution is -0.149. The van der Waals surface area contributed by atoms with Crippen molar-refractivity contribution in [1.29, 1.82) is 0 Å². The zero-order valence-corrected chi connectivity index (χ0v) is 18.5. The van der Waals surface area contributed by atoms with Crippen molar-refractivity contribution in [2.75, 3.05) is 24.6 Å². The number of anilines is 1. The minimum atomic E-state index is -1.16. The van der Waals surface area contributed by atoms with Gasteiger partial charge in [-0.3, -0.25) is 14.4 Å². The van der Waals surface area contributed by atoms with E-state index in [-0.39, 0.29) is 31.5 Å². The lowest BCUT2D eigenvalue weighted by Crippen LogP contribution is -2.56. The highest BCUT2D eigenvalue weighted by atomic mass is 16.5. The third-order valence-electron chi connectivity index (χ3n) is 7.16. The second-order valence-electron chi connectivity index (χ2n) is 8.98. The number of benzene rings is 1. The Kier molecular flexibility index (Phi) is 5.85. The fourth-order valence-corrected chi connectivity index (χ4v) is 6.00. The molecule has 1 aromatic carbocycles. The number of aliphatic hydroxyl groups excluding tert-OH is 1. The molecular formula is C24H30N2O6. The van der Waals surface area contributed by atoms with Crippen LogP contribution in [0.2, 0.25) is 0 Å². The topological polar surface area (TPSA) is 107 Å². The number of fused-ring (bicyclic) bond motifs is 1. The second-order valence-corrected chi connectivity index (χ2v) is 8.98. The first kappa shape index (κ1) is 22.5. The number of rotatable bonds is 8. The predicted molar refractivity (Wildman–Crippen MR) is 117 cm³/mol. The molecule has 3 fully saturated rings. The summed E-state index contributed by atoms with van der Waals surface area (Å²) in [5.41, 5.74) is 1.43. The van der Waals surface area contributed by atoms with Gasteiger partial charge in [0, 0.05) is 25.4 Å². The molecule has 3 aliphatic rings. The number of amides is 2. The molecule has 4 rings (SSSR count). The average molecular weight is 443 g/mol. The van der Waals surface area contributed by atoms with Crippen LogP contribution in [-0.2, 0) is 19.1 Å². The molecule has 2 bridgehead atoms. The van der Waals surface area contributed by atoms with Crippen molar-refractivity contribution >= 4 is 23.5 Å². The number of hydrogen-bond acceptors (Lipinski definition) is 5. The number of aliphatic carboxylic acids is 1. The van der Waals surface area contributed by atoms with E-state index in [1.165, 1.54) is 4.90 Å². The maximum atomic E-state index is 14.2. The van der Waals surface area contributed by atoms with Gasteiger partial charge in [-0.15, -0.1) is 6.58 Å². The first-order chi connectivity index (χ1) is 15.3. The molecule has 0 radical (unpaired) electrons. The van der Waals surface area contributed by atoms with E-state index in [0.29, 0.717) is 19.3 Å². The molecule has 2 amide bonds. The van der Waals surface area contributed by atoms with Crippen LogP contribution < -0.4 is 4.90 Å². The number of carbonyl (C=O) groups excluding carboxylic acids is 2. The smallest absolute Gasteiger partial charge is 0.310 e. The lowest BCUT2D eigenvalue weighted by atomic mass is 9.70. The van der Waals surface area contributed by atoms with Gasteiger partial charge in [-0.2, -0.15) is 0 Å². The molecule has 8 nitrogen and oxygen atoms in total. The van der Waals surface area contributed by atoms with Gasteiger partial charge in [0.1, 0.15) is 11.6 Å². The Bertz CT molecular complexity index is 942. The van der Waals surface area contributed by atoms with E-state index < -0.39 is 35.6 Å². The first-order valence-electron chi connectivity index (χ1n) is 11.1. The Hall–Kier alpha value is -2.71. The van der Waals surface area contributed by atoms with Crippen LogP contribution in [0.5, 0.6) is 0 Å². The molecule has 8 heteroatoms. The number of hydrogen-bond donors (Lipinski definition) is 2. The van der Waals surface area contributed by atoms with E-state index in [0.717, 1.165) is 16.8 Å². The lowest BCUT2D eigenvalue weighted by Gasteiger charge is -2.37. The van der Waals surface area contributed by atoms with Gasteiger partial charge in [-0.25, -0.2) is 0 Å². The van der Waals surface area contributed by atoms with E-state index >= 15 is 0 Å². The maximum Gasteiger partial charge on any atom is 0.310 e. The van der Waals surface area contributed by atoms with Gasteiger partial charge < -0.3 is 24.7 Å². The Morgan fingerprint density at radius 3 is 2.62 bits per heavy atom. The molecule has 172 valence electrons. The van der Waals surface area contributed by atoms with Crippen LogP contribution in [0.15, 0.2) is 30.9 Å². The summed E-state index contributed by atoms with van der Waals surface area (Å²) in [6.07, 6.45) is 2.33. The molecule has 1 spiro atoms. The van der Waals surface area contributed by atoms with Crippen LogP contribution in [0.4, 0.5) is 5.69 Å². The molecule has 0 aromatic heterocycles. The summed E-state index contributed by atoms with van der Waals surface area (Å²) in [5, 5.41) is 19.2. The molecule has 0 saturated carbocycles. The summed E-state index contributed by atoms with van der Waals surface area (Å²) in [6.45, 7) is 7.93. The molecular weight excluding hydrogens is 412 g/mol. The van der Waals surface area contributed by atoms with Gasteiger partial charge in [0.25, 0.3) is 5.91 Å². The number of likely N-dealkylation sites (tertiary alicyclic amines) is 1. The minimum absolute atomic E-state index is 0.137. The number of aliphatic hydroxyl groups is 1. The molecule has 0 unspecified atom stereocenters. The van der Waals surface area contributed by atoms with Crippen molar-refractivity contribution in [3.05, 3.63) is 42.0 Å². The largest absolute Gasteiger partial charge is 0.481 e. The number of para-hydroxylation sites is 1. The normalized spacial score (nSPS) is 30.5. The summed E-state index contributed by atoms with van der Waals surface area (Å²) < 4.78 is 6.22. The number of carboxylic acids is 1. The fraction of sp³-hybridized carbons (Fsp3) is 0.542. The van der Waals surface area contributed by atoms with E-state index in [2.05, 4.69) is 6.58 Å². The molecule has 3 aliphatic heterocycles. The summed E-state index contributed by atoms with van der Waals surface area (Å²) in [7, 11) is 0. The molecule has 1 aromatic rings. The quantitative estimate of drug-likeness (QED) is 0.593. The van der Waals surface area contributed by atoms with Gasteiger partial charge >= 0.3 is 5.97 Å². The van der Waals surface area contributed by atoms with Crippen LogP contribution in [0.25, 0.3) is 0 Å². The van der Waals surface area contributed by atoms with Crippen molar-refractivity contribution < 1.29 is 29.3 Å². The number of aryl methyl sites for hydroxylation is 2. The van der Waals surface area contributed by atoms with Crippen LogP contribution in [-0.4, -0.2) is 70.3 Å². The predicted octanol–water partition coefficient (Wildman–Crippen LogP) is 1.66. The Morgan fingerprint density at radius 1 is 1.34 bits per heavy atom. The van der Waals surface area contributed by atoms with Crippen LogP contribution in [0, 0.1) is 25.7 Å². The van der Waals surface area contributed by atoms with Gasteiger partial charge in [0.15, 0.2) is 0 Å². The van der Waals surface area contributed by atoms with E-state index in [4.69, 9.17) is 4.74 Å². The number of carboxylic acid groups (broad SMARTS) is 1. The molecule has 2 N–H and O–H groups in total. The third kappa shape index (κ3) is 3.16. The van der Waals surface area contributed by atoms with E-state index in [9.17, 15) is 24.6 Å².